The number of hydrogen-bond donors (Lipinski definition) is 2. The van der Waals surface area contributed by atoms with Crippen molar-refractivity contribution in [3.63, 3.8) is 0 Å². The maximum Gasteiger partial charge on any atom is 0.416 e. The van der Waals surface area contributed by atoms with Crippen molar-refractivity contribution in [2.45, 2.75) is 19.1 Å². The number of carboxylic acid groups (broad SMARTS) is 1. The van der Waals surface area contributed by atoms with Crippen LogP contribution >= 0.6 is 0 Å². The number of halogens is 3. The van der Waals surface area contributed by atoms with Gasteiger partial charge >= 0.3 is 18.0 Å². The molecule has 188 valence electrons. The molecular formula is C26H23F3N2O5. The van der Waals surface area contributed by atoms with Gasteiger partial charge in [0.05, 0.1) is 12.7 Å². The monoisotopic (exact) mass is 500 g/mol. The first-order valence-corrected chi connectivity index (χ1v) is 11.0. The normalized spacial score (nSPS) is 12.5. The molecule has 0 amide bonds. The molecule has 36 heavy (non-hydrogen) atoms. The van der Waals surface area contributed by atoms with Gasteiger partial charge in [-0.2, -0.15) is 13.2 Å². The molecule has 1 unspecified atom stereocenters. The highest BCUT2D eigenvalue weighted by atomic mass is 19.4. The minimum absolute atomic E-state index is 0.0225. The van der Waals surface area contributed by atoms with E-state index in [0.29, 0.717) is 12.1 Å². The molecule has 1 heterocycles. The van der Waals surface area contributed by atoms with Crippen LogP contribution in [0.15, 0.2) is 65.1 Å². The fourth-order valence-electron chi connectivity index (χ4n) is 3.68. The lowest BCUT2D eigenvalue weighted by atomic mass is 10.0. The number of carboxylic acids is 1. The number of carbonyl (C=O) groups is 1. The number of benzene rings is 3. The Morgan fingerprint density at radius 2 is 1.89 bits per heavy atom. The smallest absolute Gasteiger partial charge is 0.416 e. The van der Waals surface area contributed by atoms with Gasteiger partial charge < -0.3 is 24.3 Å². The van der Waals surface area contributed by atoms with Gasteiger partial charge in [-0.3, -0.25) is 0 Å². The molecule has 0 aliphatic rings. The third-order valence-electron chi connectivity index (χ3n) is 5.55. The van der Waals surface area contributed by atoms with Crippen molar-refractivity contribution >= 4 is 17.1 Å². The van der Waals surface area contributed by atoms with Crippen LogP contribution in [0.3, 0.4) is 0 Å². The Morgan fingerprint density at radius 3 is 2.61 bits per heavy atom. The summed E-state index contributed by atoms with van der Waals surface area (Å²) in [6, 6.07) is 15.5. The van der Waals surface area contributed by atoms with Crippen LogP contribution in [-0.2, 0) is 6.18 Å². The molecule has 10 heteroatoms. The topological polar surface area (TPSA) is 93.8 Å². The van der Waals surface area contributed by atoms with Crippen molar-refractivity contribution in [2.24, 2.45) is 0 Å². The number of aromatic nitrogens is 1. The minimum atomic E-state index is -4.58. The largest absolute Gasteiger partial charge is 0.497 e. The summed E-state index contributed by atoms with van der Waals surface area (Å²) >= 11 is 0. The summed E-state index contributed by atoms with van der Waals surface area (Å²) in [5.41, 5.74) is 1.24. The number of aromatic carboxylic acids is 1. The van der Waals surface area contributed by atoms with E-state index in [4.69, 9.17) is 19.0 Å². The van der Waals surface area contributed by atoms with Crippen molar-refractivity contribution in [3.8, 4) is 22.6 Å². The predicted molar refractivity (Wildman–Crippen MR) is 126 cm³/mol. The number of rotatable bonds is 9. The van der Waals surface area contributed by atoms with Crippen LogP contribution in [0.5, 0.6) is 11.5 Å². The standard InChI is InChI=1S/C26H23F3N2O5/c1-15(16-4-3-5-20(11-16)34-2)30-8-9-35-21-12-18(10-19(14-21)26(27,28)29)17-6-7-23-22(13-17)31-24(36-23)25(32)33/h3-7,10-15,30H,8-9H2,1-2H3,(H,32,33). The number of nitrogens with one attached hydrogen (secondary N) is 1. The summed E-state index contributed by atoms with van der Waals surface area (Å²) in [5, 5.41) is 12.3. The van der Waals surface area contributed by atoms with Gasteiger partial charge in [0.1, 0.15) is 23.6 Å². The zero-order valence-electron chi connectivity index (χ0n) is 19.4. The number of oxazole rings is 1. The molecule has 2 N–H and O–H groups in total. The fourth-order valence-corrected chi connectivity index (χ4v) is 3.68. The zero-order chi connectivity index (χ0) is 25.9. The van der Waals surface area contributed by atoms with E-state index >= 15 is 0 Å². The summed E-state index contributed by atoms with van der Waals surface area (Å²) in [7, 11) is 1.59. The van der Waals surface area contributed by atoms with Gasteiger partial charge in [-0.1, -0.05) is 18.2 Å². The van der Waals surface area contributed by atoms with Gasteiger partial charge in [-0.15, -0.1) is 0 Å². The van der Waals surface area contributed by atoms with Crippen LogP contribution < -0.4 is 14.8 Å². The van der Waals surface area contributed by atoms with Crippen molar-refractivity contribution in [2.75, 3.05) is 20.3 Å². The van der Waals surface area contributed by atoms with E-state index in [9.17, 15) is 18.0 Å². The van der Waals surface area contributed by atoms with Crippen molar-refractivity contribution in [1.29, 1.82) is 0 Å². The van der Waals surface area contributed by atoms with E-state index in [0.717, 1.165) is 23.4 Å². The average molecular weight is 500 g/mol. The molecule has 0 spiro atoms. The van der Waals surface area contributed by atoms with E-state index < -0.39 is 23.6 Å². The highest BCUT2D eigenvalue weighted by Gasteiger charge is 2.31. The maximum atomic E-state index is 13.6. The van der Waals surface area contributed by atoms with Crippen molar-refractivity contribution in [1.82, 2.24) is 10.3 Å². The van der Waals surface area contributed by atoms with E-state index in [1.54, 1.807) is 7.11 Å². The van der Waals surface area contributed by atoms with Crippen LogP contribution in [0.4, 0.5) is 13.2 Å². The summed E-state index contributed by atoms with van der Waals surface area (Å²) < 4.78 is 56.8. The number of alkyl halides is 3. The molecule has 0 saturated heterocycles. The predicted octanol–water partition coefficient (Wildman–Crippen LogP) is 5.95. The molecule has 4 rings (SSSR count). The Kier molecular flexibility index (Phi) is 7.16. The number of hydrogen-bond acceptors (Lipinski definition) is 6. The van der Waals surface area contributed by atoms with E-state index in [2.05, 4.69) is 10.3 Å². The van der Waals surface area contributed by atoms with Gasteiger partial charge in [-0.25, -0.2) is 9.78 Å². The molecule has 1 aromatic heterocycles. The third kappa shape index (κ3) is 5.77. The molecule has 1 atom stereocenters. The van der Waals surface area contributed by atoms with Crippen LogP contribution in [-0.4, -0.2) is 36.3 Å². The highest BCUT2D eigenvalue weighted by Crippen LogP contribution is 2.36. The van der Waals surface area contributed by atoms with Crippen LogP contribution in [0.25, 0.3) is 22.2 Å². The van der Waals surface area contributed by atoms with Crippen molar-refractivity contribution < 1.29 is 37.0 Å². The lowest BCUT2D eigenvalue weighted by Crippen LogP contribution is -2.24. The summed E-state index contributed by atoms with van der Waals surface area (Å²) in [6.45, 7) is 2.50. The van der Waals surface area contributed by atoms with Gasteiger partial charge in [-0.05, 0) is 66.1 Å². The second kappa shape index (κ2) is 10.3. The van der Waals surface area contributed by atoms with Gasteiger partial charge in [0.25, 0.3) is 0 Å². The van der Waals surface area contributed by atoms with Crippen molar-refractivity contribution in [3.05, 3.63) is 77.7 Å². The Balaban J connectivity index is 1.50. The highest BCUT2D eigenvalue weighted by molar-refractivity contribution is 5.88. The Bertz CT molecular complexity index is 1380. The quantitative estimate of drug-likeness (QED) is 0.274. The average Bonchev–Trinajstić information content (AvgIpc) is 3.30. The molecule has 3 aromatic carbocycles. The second-order valence-corrected chi connectivity index (χ2v) is 8.05. The summed E-state index contributed by atoms with van der Waals surface area (Å²) in [4.78, 5) is 15.0. The summed E-state index contributed by atoms with van der Waals surface area (Å²) in [5.74, 6) is -1.04. The maximum absolute atomic E-state index is 13.6. The van der Waals surface area contributed by atoms with Gasteiger partial charge in [0.2, 0.25) is 0 Å². The number of methoxy groups -OCH3 is 1. The second-order valence-electron chi connectivity index (χ2n) is 8.05. The molecule has 0 aliphatic carbocycles. The first-order chi connectivity index (χ1) is 17.1. The minimum Gasteiger partial charge on any atom is -0.497 e. The molecule has 0 bridgehead atoms. The molecule has 0 radical (unpaired) electrons. The van der Waals surface area contributed by atoms with E-state index in [-0.39, 0.29) is 35.1 Å². The number of nitrogens with zero attached hydrogens (tertiary/aromatic N) is 1. The van der Waals surface area contributed by atoms with Crippen LogP contribution in [0.1, 0.15) is 34.8 Å². The first kappa shape index (κ1) is 25.1. The zero-order valence-corrected chi connectivity index (χ0v) is 19.4. The lowest BCUT2D eigenvalue weighted by Gasteiger charge is -2.16. The van der Waals surface area contributed by atoms with Gasteiger partial charge in [0, 0.05) is 12.6 Å². The molecule has 0 aliphatic heterocycles. The molecular weight excluding hydrogens is 477 g/mol. The molecule has 7 nitrogen and oxygen atoms in total. The van der Waals surface area contributed by atoms with Gasteiger partial charge in [0.15, 0.2) is 5.58 Å². The van der Waals surface area contributed by atoms with E-state index in [1.165, 1.54) is 24.3 Å². The number of ether oxygens (including phenoxy) is 2. The molecule has 0 fully saturated rings. The Morgan fingerprint density at radius 1 is 1.08 bits per heavy atom. The third-order valence-corrected chi connectivity index (χ3v) is 5.55. The fraction of sp³-hybridized carbons (Fsp3) is 0.231. The van der Waals surface area contributed by atoms with Crippen LogP contribution in [0.2, 0.25) is 0 Å². The van der Waals surface area contributed by atoms with E-state index in [1.807, 2.05) is 31.2 Å². The lowest BCUT2D eigenvalue weighted by molar-refractivity contribution is -0.137. The Hall–Kier alpha value is -4.05. The van der Waals surface area contributed by atoms with Crippen LogP contribution in [0, 0.1) is 0 Å². The Labute approximate surface area is 204 Å². The molecule has 4 aromatic rings. The number of fused-ring (bicyclic) bond motifs is 1. The summed E-state index contributed by atoms with van der Waals surface area (Å²) in [6.07, 6.45) is -4.58. The molecule has 0 saturated carbocycles. The SMILES string of the molecule is COc1cccc(C(C)NCCOc2cc(-c3ccc4oc(C(=O)O)nc4c3)cc(C(F)(F)F)c2)c1. The first-order valence-electron chi connectivity index (χ1n) is 11.0.